The highest BCUT2D eigenvalue weighted by Gasteiger charge is 2.51. The predicted molar refractivity (Wildman–Crippen MR) is 87.3 cm³/mol. The van der Waals surface area contributed by atoms with Crippen LogP contribution in [0.3, 0.4) is 0 Å². The summed E-state index contributed by atoms with van der Waals surface area (Å²) in [7, 11) is 0. The van der Waals surface area contributed by atoms with Crippen molar-refractivity contribution in [2.24, 2.45) is 11.3 Å². The van der Waals surface area contributed by atoms with Crippen molar-refractivity contribution in [2.75, 3.05) is 0 Å². The first-order chi connectivity index (χ1) is 10.3. The van der Waals surface area contributed by atoms with Gasteiger partial charge in [0, 0.05) is 5.56 Å². The number of esters is 1. The van der Waals surface area contributed by atoms with Crippen LogP contribution in [0.2, 0.25) is 0 Å². The number of rotatable bonds is 0. The van der Waals surface area contributed by atoms with E-state index in [0.29, 0.717) is 5.41 Å². The van der Waals surface area contributed by atoms with Gasteiger partial charge in [0.2, 0.25) is 0 Å². The van der Waals surface area contributed by atoms with Gasteiger partial charge in [-0.1, -0.05) is 33.3 Å². The second kappa shape index (κ2) is 4.37. The molecule has 1 saturated carbocycles. The lowest BCUT2D eigenvalue weighted by Gasteiger charge is -2.54. The monoisotopic (exact) mass is 298 g/mol. The number of carbonyl (C=O) groups excluding carboxylic acids is 1. The molecule has 0 bridgehead atoms. The highest BCUT2D eigenvalue weighted by atomic mass is 16.5. The fourth-order valence-corrected chi connectivity index (χ4v) is 5.77. The summed E-state index contributed by atoms with van der Waals surface area (Å²) in [6.45, 7) is 9.35. The van der Waals surface area contributed by atoms with E-state index in [4.69, 9.17) is 4.74 Å². The van der Waals surface area contributed by atoms with E-state index in [0.717, 1.165) is 18.1 Å². The summed E-state index contributed by atoms with van der Waals surface area (Å²) in [6.07, 6.45) is 6.26. The number of carbonyl (C=O) groups is 1. The predicted octanol–water partition coefficient (Wildman–Crippen LogP) is 4.74. The molecular formula is C20H26O2. The first-order valence-corrected chi connectivity index (χ1v) is 8.72. The van der Waals surface area contributed by atoms with Gasteiger partial charge in [-0.05, 0) is 66.5 Å². The Kier molecular flexibility index (Phi) is 2.84. The quantitative estimate of drug-likeness (QED) is 0.511. The Hall–Kier alpha value is -1.31. The van der Waals surface area contributed by atoms with Crippen LogP contribution >= 0.6 is 0 Å². The summed E-state index contributed by atoms with van der Waals surface area (Å²) in [4.78, 5) is 12.0. The highest BCUT2D eigenvalue weighted by molar-refractivity contribution is 5.86. The second-order valence-corrected chi connectivity index (χ2v) is 8.50. The molecule has 0 radical (unpaired) electrons. The molecule has 3 atom stereocenters. The third kappa shape index (κ3) is 1.70. The fraction of sp³-hybridized carbons (Fsp3) is 0.650. The molecule has 0 saturated heterocycles. The molecule has 0 aromatic heterocycles. The first-order valence-electron chi connectivity index (χ1n) is 8.72. The number of benzene rings is 1. The molecule has 1 aromatic carbocycles. The Balaban J connectivity index is 1.89. The molecule has 1 heterocycles. The van der Waals surface area contributed by atoms with Gasteiger partial charge in [-0.15, -0.1) is 0 Å². The molecule has 3 aliphatic rings. The van der Waals surface area contributed by atoms with Gasteiger partial charge in [-0.25, -0.2) is 0 Å². The van der Waals surface area contributed by atoms with Crippen molar-refractivity contribution in [3.8, 4) is 5.75 Å². The summed E-state index contributed by atoms with van der Waals surface area (Å²) >= 11 is 0. The van der Waals surface area contributed by atoms with E-state index in [1.165, 1.54) is 42.4 Å². The van der Waals surface area contributed by atoms with Crippen LogP contribution in [0.4, 0.5) is 0 Å². The summed E-state index contributed by atoms with van der Waals surface area (Å²) < 4.78 is 5.46. The minimum atomic E-state index is -0.0956. The average molecular weight is 298 g/mol. The smallest absolute Gasteiger partial charge is 0.318 e. The molecular weight excluding hydrogens is 272 g/mol. The molecule has 22 heavy (non-hydrogen) atoms. The summed E-state index contributed by atoms with van der Waals surface area (Å²) in [5.41, 5.74) is 4.79. The average Bonchev–Trinajstić information content (AvgIpc) is 2.73. The molecule has 1 aliphatic heterocycles. The molecule has 1 aromatic rings. The van der Waals surface area contributed by atoms with Gasteiger partial charge >= 0.3 is 5.97 Å². The maximum atomic E-state index is 12.0. The normalized spacial score (nSPS) is 35.4. The SMILES string of the molecule is CC1C(=O)Oc2ccc3c(c21)CC[C@H]1C(C)(C)CCC[C@]31C. The molecule has 1 fully saturated rings. The maximum Gasteiger partial charge on any atom is 0.318 e. The lowest BCUT2D eigenvalue weighted by atomic mass is 9.50. The molecule has 118 valence electrons. The van der Waals surface area contributed by atoms with Crippen molar-refractivity contribution < 1.29 is 9.53 Å². The van der Waals surface area contributed by atoms with Crippen LogP contribution in [-0.4, -0.2) is 5.97 Å². The van der Waals surface area contributed by atoms with Crippen LogP contribution in [0.1, 0.15) is 76.0 Å². The van der Waals surface area contributed by atoms with Gasteiger partial charge in [0.15, 0.2) is 0 Å². The number of hydrogen-bond donors (Lipinski definition) is 0. The molecule has 0 spiro atoms. The van der Waals surface area contributed by atoms with Crippen molar-refractivity contribution in [1.29, 1.82) is 0 Å². The number of fused-ring (bicyclic) bond motifs is 5. The van der Waals surface area contributed by atoms with Gasteiger partial charge < -0.3 is 4.74 Å². The van der Waals surface area contributed by atoms with E-state index in [2.05, 4.69) is 26.8 Å². The third-order valence-corrected chi connectivity index (χ3v) is 6.84. The molecule has 2 aliphatic carbocycles. The van der Waals surface area contributed by atoms with Gasteiger partial charge in [-0.3, -0.25) is 4.79 Å². The van der Waals surface area contributed by atoms with Gasteiger partial charge in [0.1, 0.15) is 5.75 Å². The second-order valence-electron chi connectivity index (χ2n) is 8.50. The molecule has 4 rings (SSSR count). The zero-order valence-electron chi connectivity index (χ0n) is 14.2. The van der Waals surface area contributed by atoms with Crippen LogP contribution < -0.4 is 4.74 Å². The summed E-state index contributed by atoms with van der Waals surface area (Å²) in [6, 6.07) is 4.30. The Morgan fingerprint density at radius 1 is 1.18 bits per heavy atom. The Labute approximate surface area is 133 Å². The van der Waals surface area contributed by atoms with Crippen LogP contribution in [0, 0.1) is 11.3 Å². The zero-order chi connectivity index (χ0) is 15.7. The first kappa shape index (κ1) is 14.3. The Morgan fingerprint density at radius 2 is 1.95 bits per heavy atom. The zero-order valence-corrected chi connectivity index (χ0v) is 14.2. The van der Waals surface area contributed by atoms with Crippen molar-refractivity contribution in [1.82, 2.24) is 0 Å². The Morgan fingerprint density at radius 3 is 2.73 bits per heavy atom. The van der Waals surface area contributed by atoms with Gasteiger partial charge in [0.05, 0.1) is 5.92 Å². The van der Waals surface area contributed by atoms with Crippen LogP contribution in [0.25, 0.3) is 0 Å². The van der Waals surface area contributed by atoms with E-state index >= 15 is 0 Å². The fourth-order valence-electron chi connectivity index (χ4n) is 5.77. The minimum Gasteiger partial charge on any atom is -0.426 e. The van der Waals surface area contributed by atoms with Crippen LogP contribution in [-0.2, 0) is 16.6 Å². The lowest BCUT2D eigenvalue weighted by molar-refractivity contribution is -0.133. The van der Waals surface area contributed by atoms with Crippen molar-refractivity contribution in [2.45, 2.75) is 71.1 Å². The summed E-state index contributed by atoms with van der Waals surface area (Å²) in [5, 5.41) is 0. The van der Waals surface area contributed by atoms with Crippen molar-refractivity contribution >= 4 is 5.97 Å². The summed E-state index contributed by atoms with van der Waals surface area (Å²) in [5.74, 6) is 1.38. The molecule has 0 N–H and O–H groups in total. The molecule has 2 nitrogen and oxygen atoms in total. The van der Waals surface area contributed by atoms with Crippen LogP contribution in [0.5, 0.6) is 5.75 Å². The van der Waals surface area contributed by atoms with Crippen LogP contribution in [0.15, 0.2) is 12.1 Å². The van der Waals surface area contributed by atoms with E-state index in [1.807, 2.05) is 13.0 Å². The molecule has 0 amide bonds. The van der Waals surface area contributed by atoms with E-state index in [9.17, 15) is 4.79 Å². The van der Waals surface area contributed by atoms with E-state index < -0.39 is 0 Å². The maximum absolute atomic E-state index is 12.0. The van der Waals surface area contributed by atoms with Gasteiger partial charge in [-0.2, -0.15) is 0 Å². The highest BCUT2D eigenvalue weighted by Crippen LogP contribution is 2.58. The third-order valence-electron chi connectivity index (χ3n) is 6.84. The lowest BCUT2D eigenvalue weighted by Crippen LogP contribution is -2.48. The van der Waals surface area contributed by atoms with E-state index in [-0.39, 0.29) is 17.3 Å². The van der Waals surface area contributed by atoms with E-state index in [1.54, 1.807) is 0 Å². The van der Waals surface area contributed by atoms with Gasteiger partial charge in [0.25, 0.3) is 0 Å². The molecule has 2 heteroatoms. The molecule has 1 unspecified atom stereocenters. The minimum absolute atomic E-state index is 0.0837. The number of hydrogen-bond acceptors (Lipinski definition) is 2. The Bertz CT molecular complexity index is 658. The van der Waals surface area contributed by atoms with Crippen molar-refractivity contribution in [3.63, 3.8) is 0 Å². The number of ether oxygens (including phenoxy) is 1. The largest absolute Gasteiger partial charge is 0.426 e. The standard InChI is InChI=1S/C20H26O2/c1-12-17-13-6-9-16-19(2,3)10-5-11-20(16,4)14(13)7-8-15(17)22-18(12)21/h7-8,12,16H,5-6,9-11H2,1-4H3/t12?,16-,20+/m0/s1. The topological polar surface area (TPSA) is 26.3 Å². The van der Waals surface area contributed by atoms with Crippen molar-refractivity contribution in [3.05, 3.63) is 28.8 Å².